The monoisotopic (exact) mass is 299 g/mol. The van der Waals surface area contributed by atoms with Crippen molar-refractivity contribution in [3.05, 3.63) is 33.4 Å². The molecule has 0 bridgehead atoms. The molecule has 1 N–H and O–H groups in total. The first kappa shape index (κ1) is 13.8. The number of nitrogens with zero attached hydrogens (tertiary/aromatic N) is 2. The third-order valence-corrected chi connectivity index (χ3v) is 3.21. The number of carbonyl (C=O) groups excluding carboxylic acids is 1. The highest BCUT2D eigenvalue weighted by Crippen LogP contribution is 2.33. The van der Waals surface area contributed by atoms with Gasteiger partial charge in [-0.15, -0.1) is 5.10 Å². The first-order valence-electron chi connectivity index (χ1n) is 5.58. The van der Waals surface area contributed by atoms with Gasteiger partial charge >= 0.3 is 5.97 Å². The highest BCUT2D eigenvalue weighted by atomic mass is 35.5. The van der Waals surface area contributed by atoms with E-state index in [-0.39, 0.29) is 12.3 Å². The first-order chi connectivity index (χ1) is 9.04. The number of hydrogen-bond acceptors (Lipinski definition) is 4. The summed E-state index contributed by atoms with van der Waals surface area (Å²) in [5, 5.41) is 11.1. The number of aromatic amines is 1. The van der Waals surface area contributed by atoms with Gasteiger partial charge in [-0.25, -0.2) is 4.79 Å². The lowest BCUT2D eigenvalue weighted by Crippen LogP contribution is -2.07. The van der Waals surface area contributed by atoms with Gasteiger partial charge in [-0.2, -0.15) is 10.3 Å². The Kier molecular flexibility index (Phi) is 4.07. The molecule has 2 aromatic rings. The molecule has 0 fully saturated rings. The minimum absolute atomic E-state index is 0.0883. The lowest BCUT2D eigenvalue weighted by Gasteiger charge is -2.06. The molecule has 100 valence electrons. The van der Waals surface area contributed by atoms with Crippen LogP contribution < -0.4 is 0 Å². The molecule has 0 aliphatic heterocycles. The number of H-pyrrole nitrogens is 1. The van der Waals surface area contributed by atoms with Crippen molar-refractivity contribution in [2.45, 2.75) is 13.8 Å². The number of halogens is 2. The lowest BCUT2D eigenvalue weighted by atomic mass is 10.1. The molecule has 0 saturated heterocycles. The third kappa shape index (κ3) is 2.72. The summed E-state index contributed by atoms with van der Waals surface area (Å²) in [5.74, 6) is -0.556. The van der Waals surface area contributed by atoms with Crippen LogP contribution in [0.15, 0.2) is 12.1 Å². The van der Waals surface area contributed by atoms with Gasteiger partial charge in [0.25, 0.3) is 0 Å². The second-order valence-corrected chi connectivity index (χ2v) is 4.64. The van der Waals surface area contributed by atoms with Gasteiger partial charge in [0.2, 0.25) is 0 Å². The van der Waals surface area contributed by atoms with Crippen molar-refractivity contribution < 1.29 is 9.53 Å². The number of aryl methyl sites for hydroxylation is 1. The zero-order valence-electron chi connectivity index (χ0n) is 10.3. The second kappa shape index (κ2) is 5.59. The van der Waals surface area contributed by atoms with Crippen molar-refractivity contribution in [2.75, 3.05) is 6.61 Å². The molecule has 5 nitrogen and oxygen atoms in total. The zero-order chi connectivity index (χ0) is 14.0. The Morgan fingerprint density at radius 3 is 2.79 bits per heavy atom. The number of aromatic nitrogens is 3. The van der Waals surface area contributed by atoms with Crippen molar-refractivity contribution in [1.82, 2.24) is 15.4 Å². The van der Waals surface area contributed by atoms with Crippen LogP contribution in [-0.2, 0) is 4.74 Å². The number of nitrogens with one attached hydrogen (secondary N) is 1. The van der Waals surface area contributed by atoms with E-state index in [0.29, 0.717) is 21.3 Å². The van der Waals surface area contributed by atoms with Crippen LogP contribution in [0.4, 0.5) is 0 Å². The van der Waals surface area contributed by atoms with E-state index in [1.165, 1.54) is 0 Å². The van der Waals surface area contributed by atoms with Gasteiger partial charge < -0.3 is 4.74 Å². The molecular weight excluding hydrogens is 289 g/mol. The number of ether oxygens (including phenoxy) is 1. The predicted octanol–water partition coefficient (Wildman–Crippen LogP) is 3.26. The fourth-order valence-corrected chi connectivity index (χ4v) is 2.13. The van der Waals surface area contributed by atoms with Crippen LogP contribution in [0.5, 0.6) is 0 Å². The minimum Gasteiger partial charge on any atom is -0.461 e. The van der Waals surface area contributed by atoms with E-state index in [2.05, 4.69) is 15.4 Å². The Morgan fingerprint density at radius 2 is 2.11 bits per heavy atom. The number of esters is 1. The van der Waals surface area contributed by atoms with E-state index in [9.17, 15) is 4.79 Å². The molecule has 1 aromatic heterocycles. The van der Waals surface area contributed by atoms with Crippen LogP contribution in [0.2, 0.25) is 10.0 Å². The fraction of sp³-hybridized carbons (Fsp3) is 0.250. The maximum Gasteiger partial charge on any atom is 0.361 e. The summed E-state index contributed by atoms with van der Waals surface area (Å²) in [7, 11) is 0. The zero-order valence-corrected chi connectivity index (χ0v) is 11.8. The van der Waals surface area contributed by atoms with Crippen LogP contribution >= 0.6 is 23.2 Å². The van der Waals surface area contributed by atoms with Crippen LogP contribution in [0.1, 0.15) is 23.0 Å². The number of benzene rings is 1. The quantitative estimate of drug-likeness (QED) is 0.883. The SMILES string of the molecule is CCOC(=O)c1n[nH]nc1-c1cc(Cl)cc(C)c1Cl. The summed E-state index contributed by atoms with van der Waals surface area (Å²) in [6.45, 7) is 3.80. The number of hydrogen-bond donors (Lipinski definition) is 1. The van der Waals surface area contributed by atoms with Gasteiger partial charge in [-0.05, 0) is 31.5 Å². The Morgan fingerprint density at radius 1 is 1.37 bits per heavy atom. The van der Waals surface area contributed by atoms with Gasteiger partial charge in [0.05, 0.1) is 11.6 Å². The highest BCUT2D eigenvalue weighted by Gasteiger charge is 2.21. The first-order valence-corrected chi connectivity index (χ1v) is 6.34. The van der Waals surface area contributed by atoms with Crippen LogP contribution in [0, 0.1) is 6.92 Å². The topological polar surface area (TPSA) is 67.9 Å². The van der Waals surface area contributed by atoms with E-state index < -0.39 is 5.97 Å². The Balaban J connectivity index is 2.54. The van der Waals surface area contributed by atoms with Crippen LogP contribution in [0.25, 0.3) is 11.3 Å². The van der Waals surface area contributed by atoms with Crippen LogP contribution in [0.3, 0.4) is 0 Å². The molecule has 0 atom stereocenters. The van der Waals surface area contributed by atoms with Crippen molar-refractivity contribution in [2.24, 2.45) is 0 Å². The van der Waals surface area contributed by atoms with E-state index in [1.54, 1.807) is 19.1 Å². The Hall–Kier alpha value is -1.59. The molecule has 2 rings (SSSR count). The summed E-state index contributed by atoms with van der Waals surface area (Å²) >= 11 is 12.2. The largest absolute Gasteiger partial charge is 0.461 e. The molecule has 0 saturated carbocycles. The molecule has 0 unspecified atom stereocenters. The average molecular weight is 300 g/mol. The van der Waals surface area contributed by atoms with Crippen molar-refractivity contribution >= 4 is 29.2 Å². The molecule has 1 heterocycles. The van der Waals surface area contributed by atoms with E-state index in [1.807, 2.05) is 6.92 Å². The molecule has 0 spiro atoms. The molecule has 19 heavy (non-hydrogen) atoms. The fourth-order valence-electron chi connectivity index (χ4n) is 1.66. The van der Waals surface area contributed by atoms with Gasteiger partial charge in [0.1, 0.15) is 5.69 Å². The maximum absolute atomic E-state index is 11.8. The molecular formula is C12H11Cl2N3O2. The second-order valence-electron chi connectivity index (χ2n) is 3.83. The smallest absolute Gasteiger partial charge is 0.361 e. The van der Waals surface area contributed by atoms with Crippen molar-refractivity contribution in [3.63, 3.8) is 0 Å². The van der Waals surface area contributed by atoms with Gasteiger partial charge in [0, 0.05) is 10.6 Å². The van der Waals surface area contributed by atoms with Gasteiger partial charge in [-0.3, -0.25) is 0 Å². The highest BCUT2D eigenvalue weighted by molar-refractivity contribution is 6.36. The Labute approximate surface area is 119 Å². The summed E-state index contributed by atoms with van der Waals surface area (Å²) in [5.41, 5.74) is 1.75. The molecule has 0 amide bonds. The van der Waals surface area contributed by atoms with Crippen LogP contribution in [-0.4, -0.2) is 28.0 Å². The average Bonchev–Trinajstić information content (AvgIpc) is 2.83. The van der Waals surface area contributed by atoms with Crippen molar-refractivity contribution in [3.8, 4) is 11.3 Å². The number of carbonyl (C=O) groups is 1. The van der Waals surface area contributed by atoms with Crippen molar-refractivity contribution in [1.29, 1.82) is 0 Å². The standard InChI is InChI=1S/C12H11Cl2N3O2/c1-3-19-12(18)11-10(15-17-16-11)8-5-7(13)4-6(2)9(8)14/h4-5H,3H2,1-2H3,(H,15,16,17). The molecule has 0 radical (unpaired) electrons. The summed E-state index contributed by atoms with van der Waals surface area (Å²) in [6.07, 6.45) is 0. The molecule has 1 aromatic carbocycles. The normalized spacial score (nSPS) is 10.5. The minimum atomic E-state index is -0.556. The molecule has 0 aliphatic carbocycles. The van der Waals surface area contributed by atoms with Gasteiger partial charge in [0.15, 0.2) is 5.69 Å². The van der Waals surface area contributed by atoms with Gasteiger partial charge in [-0.1, -0.05) is 23.2 Å². The Bertz CT molecular complexity index is 625. The van der Waals surface area contributed by atoms with E-state index in [0.717, 1.165) is 5.56 Å². The third-order valence-electron chi connectivity index (χ3n) is 2.49. The number of rotatable bonds is 3. The summed E-state index contributed by atoms with van der Waals surface area (Å²) in [4.78, 5) is 11.8. The lowest BCUT2D eigenvalue weighted by molar-refractivity contribution is 0.0520. The maximum atomic E-state index is 11.8. The molecule has 0 aliphatic rings. The van der Waals surface area contributed by atoms with E-state index >= 15 is 0 Å². The summed E-state index contributed by atoms with van der Waals surface area (Å²) in [6, 6.07) is 3.37. The summed E-state index contributed by atoms with van der Waals surface area (Å²) < 4.78 is 4.91. The van der Waals surface area contributed by atoms with E-state index in [4.69, 9.17) is 27.9 Å². The predicted molar refractivity (Wildman–Crippen MR) is 72.5 cm³/mol. The molecule has 7 heteroatoms.